The predicted octanol–water partition coefficient (Wildman–Crippen LogP) is 2.21. The Labute approximate surface area is 109 Å². The SMILES string of the molecule is Cc1ccoc1C(=O)N1CC(C)OC(CBr)C1. The van der Waals surface area contributed by atoms with E-state index in [1.165, 1.54) is 0 Å². The third-order valence-electron chi connectivity index (χ3n) is 2.84. The number of rotatable bonds is 2. The smallest absolute Gasteiger partial charge is 0.290 e. The van der Waals surface area contributed by atoms with Crippen LogP contribution in [0.1, 0.15) is 23.0 Å². The summed E-state index contributed by atoms with van der Waals surface area (Å²) in [6, 6.07) is 1.80. The molecule has 17 heavy (non-hydrogen) atoms. The van der Waals surface area contributed by atoms with Gasteiger partial charge in [-0.3, -0.25) is 4.79 Å². The maximum absolute atomic E-state index is 12.3. The molecule has 2 atom stereocenters. The summed E-state index contributed by atoms with van der Waals surface area (Å²) in [5.41, 5.74) is 0.879. The minimum Gasteiger partial charge on any atom is -0.459 e. The summed E-state index contributed by atoms with van der Waals surface area (Å²) in [4.78, 5) is 14.0. The average molecular weight is 302 g/mol. The zero-order valence-corrected chi connectivity index (χ0v) is 11.6. The molecule has 0 N–H and O–H groups in total. The van der Waals surface area contributed by atoms with Crippen molar-refractivity contribution in [1.29, 1.82) is 0 Å². The van der Waals surface area contributed by atoms with Crippen LogP contribution in [0.25, 0.3) is 0 Å². The van der Waals surface area contributed by atoms with Crippen molar-refractivity contribution in [3.63, 3.8) is 0 Å². The van der Waals surface area contributed by atoms with Crippen molar-refractivity contribution in [2.45, 2.75) is 26.1 Å². The molecule has 1 fully saturated rings. The molecule has 1 saturated heterocycles. The van der Waals surface area contributed by atoms with Gasteiger partial charge < -0.3 is 14.1 Å². The molecule has 1 aliphatic heterocycles. The van der Waals surface area contributed by atoms with Crippen molar-refractivity contribution in [3.8, 4) is 0 Å². The maximum Gasteiger partial charge on any atom is 0.290 e. The zero-order valence-electron chi connectivity index (χ0n) is 9.98. The van der Waals surface area contributed by atoms with Crippen LogP contribution >= 0.6 is 15.9 Å². The first-order valence-corrected chi connectivity index (χ1v) is 6.78. The van der Waals surface area contributed by atoms with Crippen LogP contribution in [0.2, 0.25) is 0 Å². The molecule has 0 saturated carbocycles. The van der Waals surface area contributed by atoms with Crippen LogP contribution in [0.3, 0.4) is 0 Å². The van der Waals surface area contributed by atoms with Crippen LogP contribution in [0.5, 0.6) is 0 Å². The number of halogens is 1. The number of hydrogen-bond donors (Lipinski definition) is 0. The number of carbonyl (C=O) groups excluding carboxylic acids is 1. The second-order valence-electron chi connectivity index (χ2n) is 4.37. The van der Waals surface area contributed by atoms with Crippen molar-refractivity contribution in [3.05, 3.63) is 23.7 Å². The molecular formula is C12H16BrNO3. The van der Waals surface area contributed by atoms with E-state index in [-0.39, 0.29) is 18.1 Å². The minimum absolute atomic E-state index is 0.0476. The van der Waals surface area contributed by atoms with E-state index < -0.39 is 0 Å². The number of ether oxygens (including phenoxy) is 1. The van der Waals surface area contributed by atoms with Crippen molar-refractivity contribution < 1.29 is 13.9 Å². The lowest BCUT2D eigenvalue weighted by molar-refractivity contribution is -0.0566. The van der Waals surface area contributed by atoms with Crippen molar-refractivity contribution in [1.82, 2.24) is 4.90 Å². The Morgan fingerprint density at radius 1 is 1.59 bits per heavy atom. The maximum atomic E-state index is 12.3. The molecule has 0 aliphatic carbocycles. The Morgan fingerprint density at radius 2 is 2.35 bits per heavy atom. The first-order chi connectivity index (χ1) is 8.11. The van der Waals surface area contributed by atoms with Gasteiger partial charge in [-0.15, -0.1) is 0 Å². The molecule has 0 spiro atoms. The normalized spacial score (nSPS) is 25.0. The number of furan rings is 1. The zero-order chi connectivity index (χ0) is 12.4. The van der Waals surface area contributed by atoms with Gasteiger partial charge in [-0.1, -0.05) is 15.9 Å². The first-order valence-electron chi connectivity index (χ1n) is 5.66. The van der Waals surface area contributed by atoms with E-state index in [1.54, 1.807) is 17.2 Å². The Bertz CT molecular complexity index is 404. The largest absolute Gasteiger partial charge is 0.459 e. The lowest BCUT2D eigenvalue weighted by Crippen LogP contribution is -2.49. The summed E-state index contributed by atoms with van der Waals surface area (Å²) < 4.78 is 10.9. The Kier molecular flexibility index (Phi) is 3.89. The molecule has 2 heterocycles. The molecule has 4 nitrogen and oxygen atoms in total. The highest BCUT2D eigenvalue weighted by molar-refractivity contribution is 9.09. The van der Waals surface area contributed by atoms with E-state index in [0.29, 0.717) is 18.8 Å². The molecule has 1 aromatic rings. The van der Waals surface area contributed by atoms with E-state index in [1.807, 2.05) is 13.8 Å². The summed E-state index contributed by atoms with van der Waals surface area (Å²) in [5.74, 6) is 0.390. The molecular weight excluding hydrogens is 286 g/mol. The molecule has 2 unspecified atom stereocenters. The lowest BCUT2D eigenvalue weighted by Gasteiger charge is -2.35. The van der Waals surface area contributed by atoms with Gasteiger partial charge in [-0.2, -0.15) is 0 Å². The molecule has 1 aliphatic rings. The van der Waals surface area contributed by atoms with E-state index in [4.69, 9.17) is 9.15 Å². The van der Waals surface area contributed by atoms with Gasteiger partial charge in [0.1, 0.15) is 0 Å². The second-order valence-corrected chi connectivity index (χ2v) is 5.01. The fourth-order valence-electron chi connectivity index (χ4n) is 2.03. The summed E-state index contributed by atoms with van der Waals surface area (Å²) in [6.45, 7) is 5.07. The molecule has 94 valence electrons. The molecule has 5 heteroatoms. The molecule has 0 bridgehead atoms. The standard InChI is InChI=1S/C12H16BrNO3/c1-8-3-4-16-11(8)12(15)14-6-9(2)17-10(5-13)7-14/h3-4,9-10H,5-7H2,1-2H3. The highest BCUT2D eigenvalue weighted by Crippen LogP contribution is 2.18. The van der Waals surface area contributed by atoms with Gasteiger partial charge in [0, 0.05) is 24.0 Å². The average Bonchev–Trinajstić information content (AvgIpc) is 2.73. The highest BCUT2D eigenvalue weighted by atomic mass is 79.9. The van der Waals surface area contributed by atoms with Crippen molar-refractivity contribution in [2.24, 2.45) is 0 Å². The van der Waals surface area contributed by atoms with Crippen molar-refractivity contribution >= 4 is 21.8 Å². The number of carbonyl (C=O) groups is 1. The van der Waals surface area contributed by atoms with Gasteiger partial charge in [0.25, 0.3) is 5.91 Å². The van der Waals surface area contributed by atoms with E-state index in [2.05, 4.69) is 15.9 Å². The summed E-state index contributed by atoms with van der Waals surface area (Å²) >= 11 is 3.39. The monoisotopic (exact) mass is 301 g/mol. The van der Waals surface area contributed by atoms with Gasteiger partial charge in [0.15, 0.2) is 5.76 Å². The van der Waals surface area contributed by atoms with Gasteiger partial charge in [-0.05, 0) is 19.9 Å². The minimum atomic E-state index is -0.0476. The quantitative estimate of drug-likeness (QED) is 0.787. The molecule has 1 amide bonds. The fraction of sp³-hybridized carbons (Fsp3) is 0.583. The summed E-state index contributed by atoms with van der Waals surface area (Å²) in [5, 5.41) is 0.734. The Hall–Kier alpha value is -0.810. The van der Waals surface area contributed by atoms with Crippen LogP contribution < -0.4 is 0 Å². The number of morpholine rings is 1. The number of aryl methyl sites for hydroxylation is 1. The molecule has 2 rings (SSSR count). The van der Waals surface area contributed by atoms with Crippen LogP contribution in [0, 0.1) is 6.92 Å². The third kappa shape index (κ3) is 2.72. The van der Waals surface area contributed by atoms with E-state index >= 15 is 0 Å². The van der Waals surface area contributed by atoms with Crippen LogP contribution in [-0.4, -0.2) is 41.4 Å². The molecule has 0 radical (unpaired) electrons. The number of hydrogen-bond acceptors (Lipinski definition) is 3. The molecule has 0 aromatic carbocycles. The first kappa shape index (κ1) is 12.6. The van der Waals surface area contributed by atoms with Crippen LogP contribution in [-0.2, 0) is 4.74 Å². The Morgan fingerprint density at radius 3 is 2.94 bits per heavy atom. The van der Waals surface area contributed by atoms with E-state index in [9.17, 15) is 4.79 Å². The second kappa shape index (κ2) is 5.23. The summed E-state index contributed by atoms with van der Waals surface area (Å²) in [7, 11) is 0. The molecule has 1 aromatic heterocycles. The summed E-state index contributed by atoms with van der Waals surface area (Å²) in [6.07, 6.45) is 1.66. The lowest BCUT2D eigenvalue weighted by atomic mass is 10.2. The van der Waals surface area contributed by atoms with Gasteiger partial charge in [0.05, 0.1) is 18.5 Å². The Balaban J connectivity index is 2.11. The van der Waals surface area contributed by atoms with Gasteiger partial charge in [-0.25, -0.2) is 0 Å². The van der Waals surface area contributed by atoms with Crippen molar-refractivity contribution in [2.75, 3.05) is 18.4 Å². The third-order valence-corrected chi connectivity index (χ3v) is 3.56. The van der Waals surface area contributed by atoms with Gasteiger partial charge >= 0.3 is 0 Å². The van der Waals surface area contributed by atoms with Gasteiger partial charge in [0.2, 0.25) is 0 Å². The predicted molar refractivity (Wildman–Crippen MR) is 67.5 cm³/mol. The van der Waals surface area contributed by atoms with E-state index in [0.717, 1.165) is 10.9 Å². The topological polar surface area (TPSA) is 42.7 Å². The number of nitrogens with zero attached hydrogens (tertiary/aromatic N) is 1. The fourth-order valence-corrected chi connectivity index (χ4v) is 2.39. The van der Waals surface area contributed by atoms with Crippen LogP contribution in [0.15, 0.2) is 16.7 Å². The van der Waals surface area contributed by atoms with Crippen LogP contribution in [0.4, 0.5) is 0 Å². The number of amides is 1. The number of alkyl halides is 1. The highest BCUT2D eigenvalue weighted by Gasteiger charge is 2.30.